The van der Waals surface area contributed by atoms with E-state index in [9.17, 15) is 0 Å². The summed E-state index contributed by atoms with van der Waals surface area (Å²) in [6.07, 6.45) is 5.87. The van der Waals surface area contributed by atoms with E-state index >= 15 is 0 Å². The van der Waals surface area contributed by atoms with Crippen molar-refractivity contribution >= 4 is 5.82 Å². The average molecular weight is 417 g/mol. The van der Waals surface area contributed by atoms with Crippen LogP contribution in [0, 0.1) is 0 Å². The Morgan fingerprint density at radius 3 is 2.58 bits per heavy atom. The second-order valence-electron chi connectivity index (χ2n) is 8.72. The molecule has 0 radical (unpaired) electrons. The van der Waals surface area contributed by atoms with Gasteiger partial charge in [0.05, 0.1) is 12.8 Å². The molecule has 0 aliphatic carbocycles. The van der Waals surface area contributed by atoms with Gasteiger partial charge in [-0.05, 0) is 62.9 Å². The van der Waals surface area contributed by atoms with Crippen LogP contribution in [0.1, 0.15) is 48.4 Å². The number of piperidine rings is 1. The van der Waals surface area contributed by atoms with Gasteiger partial charge in [0.25, 0.3) is 0 Å². The Hall–Kier alpha value is -2.79. The lowest BCUT2D eigenvalue weighted by molar-refractivity contribution is 0.203. The monoisotopic (exact) mass is 416 g/mol. The van der Waals surface area contributed by atoms with Gasteiger partial charge >= 0.3 is 0 Å². The van der Waals surface area contributed by atoms with E-state index in [0.29, 0.717) is 5.92 Å². The summed E-state index contributed by atoms with van der Waals surface area (Å²) in [4.78, 5) is 2.58. The van der Waals surface area contributed by atoms with Gasteiger partial charge in [-0.15, -0.1) is 0 Å². The number of benzene rings is 2. The molecule has 5 heteroatoms. The molecule has 0 atom stereocenters. The third-order valence-corrected chi connectivity index (χ3v) is 6.70. The van der Waals surface area contributed by atoms with Crippen molar-refractivity contribution in [1.29, 1.82) is 0 Å². The second-order valence-corrected chi connectivity index (χ2v) is 8.72. The number of hydrogen-bond donors (Lipinski definition) is 1. The molecule has 3 aromatic rings. The van der Waals surface area contributed by atoms with E-state index in [0.717, 1.165) is 44.0 Å². The van der Waals surface area contributed by atoms with Crippen LogP contribution in [0.2, 0.25) is 0 Å². The molecule has 0 saturated carbocycles. The Bertz CT molecular complexity index is 1010. The lowest BCUT2D eigenvalue weighted by atomic mass is 9.90. The molecule has 2 aliphatic rings. The highest BCUT2D eigenvalue weighted by molar-refractivity contribution is 5.58. The van der Waals surface area contributed by atoms with Crippen molar-refractivity contribution in [3.63, 3.8) is 0 Å². The summed E-state index contributed by atoms with van der Waals surface area (Å²) in [6.45, 7) is 4.30. The highest BCUT2D eigenvalue weighted by Gasteiger charge is 2.29. The van der Waals surface area contributed by atoms with E-state index in [4.69, 9.17) is 9.84 Å². The number of fused-ring (bicyclic) bond motifs is 1. The number of methoxy groups -OCH3 is 1. The highest BCUT2D eigenvalue weighted by atomic mass is 16.5. The molecule has 0 bridgehead atoms. The van der Waals surface area contributed by atoms with Crippen LogP contribution >= 0.6 is 0 Å². The van der Waals surface area contributed by atoms with Gasteiger partial charge in [-0.25, -0.2) is 4.68 Å². The van der Waals surface area contributed by atoms with Crippen LogP contribution in [0.25, 0.3) is 5.69 Å². The van der Waals surface area contributed by atoms with E-state index in [1.54, 1.807) is 7.11 Å². The maximum Gasteiger partial charge on any atom is 0.144 e. The van der Waals surface area contributed by atoms with Crippen molar-refractivity contribution in [2.75, 3.05) is 32.1 Å². The molecular weight excluding hydrogens is 384 g/mol. The zero-order valence-electron chi connectivity index (χ0n) is 18.4. The predicted octanol–water partition coefficient (Wildman–Crippen LogP) is 5.01. The van der Waals surface area contributed by atoms with Crippen LogP contribution in [0.3, 0.4) is 0 Å². The van der Waals surface area contributed by atoms with Crippen molar-refractivity contribution in [2.45, 2.75) is 44.6 Å². The fourth-order valence-corrected chi connectivity index (χ4v) is 5.04. The van der Waals surface area contributed by atoms with Gasteiger partial charge in [0.15, 0.2) is 0 Å². The van der Waals surface area contributed by atoms with E-state index < -0.39 is 0 Å². The zero-order chi connectivity index (χ0) is 21.0. The lowest BCUT2D eigenvalue weighted by Gasteiger charge is -2.31. The Balaban J connectivity index is 1.40. The summed E-state index contributed by atoms with van der Waals surface area (Å²) >= 11 is 0. The number of ether oxygens (including phenoxy) is 1. The number of aromatic nitrogens is 2. The first-order valence-corrected chi connectivity index (χ1v) is 11.6. The first-order chi connectivity index (χ1) is 15.3. The summed E-state index contributed by atoms with van der Waals surface area (Å²) in [6, 6.07) is 19.0. The predicted molar refractivity (Wildman–Crippen MR) is 125 cm³/mol. The van der Waals surface area contributed by atoms with Crippen LogP contribution in [-0.2, 0) is 13.0 Å². The number of rotatable bonds is 5. The Kier molecular flexibility index (Phi) is 5.94. The molecule has 1 fully saturated rings. The first-order valence-electron chi connectivity index (χ1n) is 11.6. The number of nitrogens with zero attached hydrogens (tertiary/aromatic N) is 3. The molecule has 0 spiro atoms. The molecular formula is C26H32N4O. The fourth-order valence-electron chi connectivity index (χ4n) is 5.04. The summed E-state index contributed by atoms with van der Waals surface area (Å²) < 4.78 is 7.75. The number of anilines is 1. The van der Waals surface area contributed by atoms with Gasteiger partial charge in [-0.1, -0.05) is 42.5 Å². The third kappa shape index (κ3) is 4.19. The van der Waals surface area contributed by atoms with E-state index in [2.05, 4.69) is 57.4 Å². The standard InChI is InChI=1S/C26H32N4O/c1-31-24-13-6-5-12-23(24)30-26-22(11-7-8-16-27-26)25(28-30)21-14-17-29(18-15-21)19-20-9-3-2-4-10-20/h2-6,9-10,12-13,21,27H,7-8,11,14-19H2,1H3. The normalized spacial score (nSPS) is 17.6. The average Bonchev–Trinajstić information content (AvgIpc) is 3.00. The van der Waals surface area contributed by atoms with Crippen LogP contribution in [-0.4, -0.2) is 41.4 Å². The van der Waals surface area contributed by atoms with Gasteiger partial charge in [-0.3, -0.25) is 4.90 Å². The second kappa shape index (κ2) is 9.15. The lowest BCUT2D eigenvalue weighted by Crippen LogP contribution is -2.32. The molecule has 5 rings (SSSR count). The number of hydrogen-bond acceptors (Lipinski definition) is 4. The Morgan fingerprint density at radius 2 is 1.77 bits per heavy atom. The summed E-state index contributed by atoms with van der Waals surface area (Å²) in [7, 11) is 1.73. The first kappa shape index (κ1) is 20.1. The van der Waals surface area contributed by atoms with Gasteiger partial charge in [0.2, 0.25) is 0 Å². The van der Waals surface area contributed by atoms with Gasteiger partial charge in [0, 0.05) is 24.6 Å². The minimum Gasteiger partial charge on any atom is -0.494 e. The molecule has 0 unspecified atom stereocenters. The molecule has 2 aromatic carbocycles. The van der Waals surface area contributed by atoms with E-state index in [1.807, 2.05) is 12.1 Å². The van der Waals surface area contributed by atoms with Crippen LogP contribution in [0.5, 0.6) is 5.75 Å². The maximum absolute atomic E-state index is 5.65. The molecule has 31 heavy (non-hydrogen) atoms. The Morgan fingerprint density at radius 1 is 1.00 bits per heavy atom. The molecule has 1 N–H and O–H groups in total. The molecule has 0 amide bonds. The SMILES string of the molecule is COc1ccccc1-n1nc(C2CCN(Cc3ccccc3)CC2)c2c1NCCCC2. The minimum absolute atomic E-state index is 0.525. The van der Waals surface area contributed by atoms with Gasteiger partial charge < -0.3 is 10.1 Å². The van der Waals surface area contributed by atoms with Crippen molar-refractivity contribution in [3.8, 4) is 11.4 Å². The van der Waals surface area contributed by atoms with Crippen molar-refractivity contribution < 1.29 is 4.74 Å². The number of para-hydroxylation sites is 2. The number of nitrogens with one attached hydrogen (secondary N) is 1. The zero-order valence-corrected chi connectivity index (χ0v) is 18.4. The van der Waals surface area contributed by atoms with Crippen LogP contribution in [0.4, 0.5) is 5.82 Å². The van der Waals surface area contributed by atoms with Crippen LogP contribution < -0.4 is 10.1 Å². The van der Waals surface area contributed by atoms with Gasteiger partial charge in [0.1, 0.15) is 17.3 Å². The maximum atomic E-state index is 5.65. The topological polar surface area (TPSA) is 42.3 Å². The Labute approximate surface area is 185 Å². The van der Waals surface area contributed by atoms with Crippen molar-refractivity contribution in [3.05, 3.63) is 71.4 Å². The molecule has 162 valence electrons. The molecule has 5 nitrogen and oxygen atoms in total. The van der Waals surface area contributed by atoms with Crippen molar-refractivity contribution in [1.82, 2.24) is 14.7 Å². The minimum atomic E-state index is 0.525. The molecule has 2 aliphatic heterocycles. The summed E-state index contributed by atoms with van der Waals surface area (Å²) in [5.41, 5.74) is 5.14. The molecule has 1 aromatic heterocycles. The third-order valence-electron chi connectivity index (χ3n) is 6.70. The number of likely N-dealkylation sites (tertiary alicyclic amines) is 1. The fraction of sp³-hybridized carbons (Fsp3) is 0.423. The van der Waals surface area contributed by atoms with Crippen LogP contribution in [0.15, 0.2) is 54.6 Å². The molecule has 3 heterocycles. The van der Waals surface area contributed by atoms with E-state index in [-0.39, 0.29) is 0 Å². The summed E-state index contributed by atoms with van der Waals surface area (Å²) in [5, 5.41) is 8.88. The largest absolute Gasteiger partial charge is 0.494 e. The quantitative estimate of drug-likeness (QED) is 0.635. The smallest absolute Gasteiger partial charge is 0.144 e. The van der Waals surface area contributed by atoms with Crippen molar-refractivity contribution in [2.24, 2.45) is 0 Å². The molecule has 1 saturated heterocycles. The summed E-state index contributed by atoms with van der Waals surface area (Å²) in [5.74, 6) is 2.56. The van der Waals surface area contributed by atoms with E-state index in [1.165, 1.54) is 48.3 Å². The van der Waals surface area contributed by atoms with Gasteiger partial charge in [-0.2, -0.15) is 5.10 Å². The highest BCUT2D eigenvalue weighted by Crippen LogP contribution is 2.38.